The average molecular weight is 443 g/mol. The van der Waals surface area contributed by atoms with Gasteiger partial charge in [-0.1, -0.05) is 24.3 Å². The average Bonchev–Trinajstić information content (AvgIpc) is 2.62. The van der Waals surface area contributed by atoms with Gasteiger partial charge in [-0.2, -0.15) is 0 Å². The van der Waals surface area contributed by atoms with Crippen LogP contribution in [0.25, 0.3) is 6.08 Å². The molecule has 27 heavy (non-hydrogen) atoms. The Kier molecular flexibility index (Phi) is 7.43. The first-order chi connectivity index (χ1) is 12.8. The quantitative estimate of drug-likeness (QED) is 0.388. The summed E-state index contributed by atoms with van der Waals surface area (Å²) in [7, 11) is 1.42. The summed E-state index contributed by atoms with van der Waals surface area (Å²) in [6, 6.07) is 1.31. The number of benzene rings is 1. The van der Waals surface area contributed by atoms with Crippen LogP contribution in [0.3, 0.4) is 0 Å². The fourth-order valence-electron chi connectivity index (χ4n) is 2.67. The van der Waals surface area contributed by atoms with Gasteiger partial charge in [0.15, 0.2) is 0 Å². The van der Waals surface area contributed by atoms with Crippen molar-refractivity contribution in [3.8, 4) is 11.5 Å². The number of fused-ring (bicyclic) bond motifs is 1. The van der Waals surface area contributed by atoms with Gasteiger partial charge < -0.3 is 29.9 Å². The summed E-state index contributed by atoms with van der Waals surface area (Å²) in [5, 5.41) is 40.3. The number of phenols is 1. The predicted octanol–water partition coefficient (Wildman–Crippen LogP) is 2.15. The van der Waals surface area contributed by atoms with E-state index in [-0.39, 0.29) is 24.2 Å². The Morgan fingerprint density at radius 2 is 1.93 bits per heavy atom. The molecule has 0 saturated heterocycles. The Bertz CT molecular complexity index is 744. The maximum absolute atomic E-state index is 12.6. The first kappa shape index (κ1) is 21.4. The molecule has 148 valence electrons. The number of esters is 1. The number of aliphatic hydroxyl groups is 3. The van der Waals surface area contributed by atoms with E-state index in [2.05, 4.69) is 15.9 Å². The SMILES string of the molecule is COc1cc(O)c2c(c1Br)/C=C/CC(O)[C@H](O)[C@@H](O)/C=C/C[C@H](C)OC2=O. The van der Waals surface area contributed by atoms with Gasteiger partial charge in [0.05, 0.1) is 17.7 Å². The van der Waals surface area contributed by atoms with Crippen molar-refractivity contribution in [3.63, 3.8) is 0 Å². The van der Waals surface area contributed by atoms with E-state index in [1.807, 2.05) is 0 Å². The topological polar surface area (TPSA) is 116 Å². The summed E-state index contributed by atoms with van der Waals surface area (Å²) in [5.74, 6) is -0.697. The van der Waals surface area contributed by atoms with E-state index in [1.165, 1.54) is 31.4 Å². The minimum Gasteiger partial charge on any atom is -0.507 e. The number of methoxy groups -OCH3 is 1. The van der Waals surface area contributed by atoms with E-state index in [0.717, 1.165) is 0 Å². The van der Waals surface area contributed by atoms with Crippen molar-refractivity contribution in [1.29, 1.82) is 0 Å². The molecule has 2 rings (SSSR count). The molecule has 1 aromatic carbocycles. The molecule has 1 aliphatic heterocycles. The Morgan fingerprint density at radius 1 is 1.22 bits per heavy atom. The van der Waals surface area contributed by atoms with Gasteiger partial charge in [-0.15, -0.1) is 0 Å². The van der Waals surface area contributed by atoms with Crippen molar-refractivity contribution in [2.45, 2.75) is 44.2 Å². The molecule has 0 aromatic heterocycles. The number of halogens is 1. The highest BCUT2D eigenvalue weighted by Gasteiger charge is 2.25. The normalized spacial score (nSPS) is 29.2. The van der Waals surface area contributed by atoms with Gasteiger partial charge in [-0.05, 0) is 29.3 Å². The summed E-state index contributed by atoms with van der Waals surface area (Å²) in [4.78, 5) is 12.6. The van der Waals surface area contributed by atoms with Crippen LogP contribution < -0.4 is 4.74 Å². The number of aromatic hydroxyl groups is 1. The maximum Gasteiger partial charge on any atom is 0.342 e. The van der Waals surface area contributed by atoms with Crippen LogP contribution in [0.4, 0.5) is 0 Å². The molecular weight excluding hydrogens is 420 g/mol. The third-order valence-corrected chi connectivity index (χ3v) is 5.00. The lowest BCUT2D eigenvalue weighted by Gasteiger charge is -2.21. The summed E-state index contributed by atoms with van der Waals surface area (Å²) < 4.78 is 11.0. The van der Waals surface area contributed by atoms with Gasteiger partial charge in [0.25, 0.3) is 0 Å². The van der Waals surface area contributed by atoms with Crippen LogP contribution in [0.5, 0.6) is 11.5 Å². The fraction of sp³-hybridized carbons (Fsp3) is 0.421. The van der Waals surface area contributed by atoms with Gasteiger partial charge in [0.2, 0.25) is 0 Å². The van der Waals surface area contributed by atoms with Crippen molar-refractivity contribution < 1.29 is 34.7 Å². The van der Waals surface area contributed by atoms with Gasteiger partial charge >= 0.3 is 5.97 Å². The van der Waals surface area contributed by atoms with E-state index in [1.54, 1.807) is 13.0 Å². The molecular formula is C19H23BrO7. The molecule has 0 spiro atoms. The highest BCUT2D eigenvalue weighted by Crippen LogP contribution is 2.38. The highest BCUT2D eigenvalue weighted by atomic mass is 79.9. The number of carbonyl (C=O) groups excluding carboxylic acids is 1. The van der Waals surface area contributed by atoms with Crippen LogP contribution in [0, 0.1) is 0 Å². The summed E-state index contributed by atoms with van der Waals surface area (Å²) in [6.45, 7) is 1.66. The van der Waals surface area contributed by atoms with Gasteiger partial charge in [0.1, 0.15) is 35.4 Å². The number of phenolic OH excluding ortho intramolecular Hbond substituents is 1. The summed E-state index contributed by atoms with van der Waals surface area (Å²) in [6.07, 6.45) is 1.88. The van der Waals surface area contributed by atoms with Crippen molar-refractivity contribution in [2.24, 2.45) is 0 Å². The lowest BCUT2D eigenvalue weighted by atomic mass is 10.0. The minimum atomic E-state index is -1.37. The Labute approximate surface area is 165 Å². The molecule has 4 N–H and O–H groups in total. The Balaban J connectivity index is 2.52. The molecule has 0 saturated carbocycles. The Morgan fingerprint density at radius 3 is 2.59 bits per heavy atom. The van der Waals surface area contributed by atoms with Crippen molar-refractivity contribution in [2.75, 3.05) is 7.11 Å². The number of hydrogen-bond donors (Lipinski definition) is 4. The first-order valence-corrected chi connectivity index (χ1v) is 9.23. The van der Waals surface area contributed by atoms with Crippen molar-refractivity contribution in [3.05, 3.63) is 39.9 Å². The Hall–Kier alpha value is -1.87. The molecule has 0 radical (unpaired) electrons. The molecule has 0 aliphatic carbocycles. The van der Waals surface area contributed by atoms with Crippen LogP contribution in [0.1, 0.15) is 35.7 Å². The largest absolute Gasteiger partial charge is 0.507 e. The second-order valence-corrected chi connectivity index (χ2v) is 7.06. The van der Waals surface area contributed by atoms with E-state index >= 15 is 0 Å². The van der Waals surface area contributed by atoms with E-state index in [4.69, 9.17) is 9.47 Å². The van der Waals surface area contributed by atoms with Crippen LogP contribution in [0.2, 0.25) is 0 Å². The lowest BCUT2D eigenvalue weighted by molar-refractivity contribution is -0.0394. The summed E-state index contributed by atoms with van der Waals surface area (Å²) in [5.41, 5.74) is 0.278. The molecule has 0 fully saturated rings. The summed E-state index contributed by atoms with van der Waals surface area (Å²) >= 11 is 3.35. The van der Waals surface area contributed by atoms with E-state index < -0.39 is 30.4 Å². The minimum absolute atomic E-state index is 0.0152. The van der Waals surface area contributed by atoms with Crippen LogP contribution >= 0.6 is 15.9 Å². The van der Waals surface area contributed by atoms with E-state index in [0.29, 0.717) is 15.8 Å². The number of carbonyl (C=O) groups is 1. The van der Waals surface area contributed by atoms with Gasteiger partial charge in [-0.25, -0.2) is 4.79 Å². The van der Waals surface area contributed by atoms with Crippen molar-refractivity contribution in [1.82, 2.24) is 0 Å². The van der Waals surface area contributed by atoms with Crippen LogP contribution in [-0.4, -0.2) is 57.9 Å². The second kappa shape index (κ2) is 9.36. The molecule has 7 nitrogen and oxygen atoms in total. The smallest absolute Gasteiger partial charge is 0.342 e. The highest BCUT2D eigenvalue weighted by molar-refractivity contribution is 9.10. The number of hydrogen-bond acceptors (Lipinski definition) is 7. The fourth-order valence-corrected chi connectivity index (χ4v) is 3.27. The molecule has 0 amide bonds. The second-order valence-electron chi connectivity index (χ2n) is 6.27. The maximum atomic E-state index is 12.6. The van der Waals surface area contributed by atoms with E-state index in [9.17, 15) is 25.2 Å². The molecule has 1 aliphatic rings. The van der Waals surface area contributed by atoms with Crippen molar-refractivity contribution >= 4 is 28.0 Å². The zero-order chi connectivity index (χ0) is 20.1. The van der Waals surface area contributed by atoms with Crippen LogP contribution in [-0.2, 0) is 4.74 Å². The van der Waals surface area contributed by atoms with Crippen LogP contribution in [0.15, 0.2) is 28.8 Å². The van der Waals surface area contributed by atoms with Gasteiger partial charge in [0, 0.05) is 18.1 Å². The number of aliphatic hydroxyl groups excluding tert-OH is 3. The predicted molar refractivity (Wildman–Crippen MR) is 103 cm³/mol. The third-order valence-electron chi connectivity index (χ3n) is 4.19. The first-order valence-electron chi connectivity index (χ1n) is 8.44. The number of cyclic esters (lactones) is 1. The molecule has 8 heteroatoms. The number of ether oxygens (including phenoxy) is 2. The third kappa shape index (κ3) is 5.10. The number of rotatable bonds is 1. The lowest BCUT2D eigenvalue weighted by Crippen LogP contribution is -2.35. The monoisotopic (exact) mass is 442 g/mol. The molecule has 4 atom stereocenters. The zero-order valence-electron chi connectivity index (χ0n) is 15.0. The molecule has 0 bridgehead atoms. The van der Waals surface area contributed by atoms with Gasteiger partial charge in [-0.3, -0.25) is 0 Å². The molecule has 1 aromatic rings. The molecule has 1 unspecified atom stereocenters. The molecule has 1 heterocycles. The standard InChI is InChI=1S/C19H23BrO7/c1-10-5-3-7-12(21)18(24)13(22)8-4-6-11-16(19(25)27-10)14(23)9-15(26-2)17(11)20/h3-4,6-7,9-10,12-13,18,21-24H,5,8H2,1-2H3/b6-4+,7-3+/t10-,12-,13?,18+/m0/s1. The zero-order valence-corrected chi connectivity index (χ0v) is 16.6.